The maximum Gasteiger partial charge on any atom is 0.319 e. The van der Waals surface area contributed by atoms with Crippen molar-refractivity contribution in [3.05, 3.63) is 29.8 Å². The molecular formula is C17H27ClN4O2. The number of nitrogens with two attached hydrogens (primary N) is 1. The van der Waals surface area contributed by atoms with Crippen LogP contribution in [0.3, 0.4) is 0 Å². The monoisotopic (exact) mass is 354 g/mol. The van der Waals surface area contributed by atoms with Gasteiger partial charge in [0.1, 0.15) is 0 Å². The molecule has 3 amide bonds. The molecule has 134 valence electrons. The molecule has 0 bridgehead atoms. The lowest BCUT2D eigenvalue weighted by atomic mass is 9.92. The molecule has 1 aliphatic heterocycles. The summed E-state index contributed by atoms with van der Waals surface area (Å²) in [5.41, 5.74) is 7.54. The van der Waals surface area contributed by atoms with E-state index in [2.05, 4.69) is 17.6 Å². The number of carbonyl (C=O) groups is 2. The summed E-state index contributed by atoms with van der Waals surface area (Å²) in [6, 6.07) is 7.21. The summed E-state index contributed by atoms with van der Waals surface area (Å²) in [6.07, 6.45) is 1.91. The Kier molecular flexibility index (Phi) is 8.01. The van der Waals surface area contributed by atoms with Gasteiger partial charge in [-0.3, -0.25) is 4.79 Å². The highest BCUT2D eigenvalue weighted by Crippen LogP contribution is 2.21. The minimum Gasteiger partial charge on any atom is -0.337 e. The number of nitrogens with one attached hydrogen (secondary N) is 2. The molecule has 1 aromatic rings. The first kappa shape index (κ1) is 20.3. The van der Waals surface area contributed by atoms with Crippen LogP contribution in [0.1, 0.15) is 25.3 Å². The zero-order valence-corrected chi connectivity index (χ0v) is 15.1. The predicted molar refractivity (Wildman–Crippen MR) is 98.4 cm³/mol. The summed E-state index contributed by atoms with van der Waals surface area (Å²) in [5.74, 6) is 0.511. The Bertz CT molecular complexity index is 567. The quantitative estimate of drug-likeness (QED) is 0.774. The van der Waals surface area contributed by atoms with Gasteiger partial charge in [-0.15, -0.1) is 12.4 Å². The highest BCUT2D eigenvalue weighted by atomic mass is 35.5. The van der Waals surface area contributed by atoms with Crippen molar-refractivity contribution < 1.29 is 9.59 Å². The average Bonchev–Trinajstić information content (AvgIpc) is 2.52. The Morgan fingerprint density at radius 3 is 2.79 bits per heavy atom. The lowest BCUT2D eigenvalue weighted by Gasteiger charge is -2.38. The second-order valence-electron chi connectivity index (χ2n) is 6.28. The first-order valence-corrected chi connectivity index (χ1v) is 8.10. The van der Waals surface area contributed by atoms with Crippen molar-refractivity contribution in [2.45, 2.75) is 32.7 Å². The molecule has 1 saturated heterocycles. The molecule has 6 nitrogen and oxygen atoms in total. The molecule has 24 heavy (non-hydrogen) atoms. The van der Waals surface area contributed by atoms with Gasteiger partial charge in [-0.25, -0.2) is 4.79 Å². The second-order valence-corrected chi connectivity index (χ2v) is 6.28. The number of amides is 3. The van der Waals surface area contributed by atoms with Crippen LogP contribution in [0.4, 0.5) is 10.5 Å². The fourth-order valence-electron chi connectivity index (χ4n) is 2.96. The van der Waals surface area contributed by atoms with Crippen LogP contribution in [0.2, 0.25) is 0 Å². The SMILES string of the molecule is Cc1cccc(NC(=O)NCC(=O)N2CCC(C)CC2CN)c1.Cl. The van der Waals surface area contributed by atoms with Crippen LogP contribution in [0.25, 0.3) is 0 Å². The van der Waals surface area contributed by atoms with Crippen LogP contribution in [0.5, 0.6) is 0 Å². The predicted octanol–water partition coefficient (Wildman–Crippen LogP) is 2.12. The molecule has 7 heteroatoms. The molecule has 2 atom stereocenters. The van der Waals surface area contributed by atoms with Crippen LogP contribution in [-0.4, -0.2) is 42.5 Å². The third-order valence-electron chi connectivity index (χ3n) is 4.25. The number of anilines is 1. The molecule has 1 aromatic carbocycles. The van der Waals surface area contributed by atoms with Gasteiger partial charge in [0.15, 0.2) is 0 Å². The number of urea groups is 1. The fourth-order valence-corrected chi connectivity index (χ4v) is 2.96. The normalized spacial score (nSPS) is 20.0. The number of rotatable bonds is 4. The number of halogens is 1. The maximum absolute atomic E-state index is 12.3. The fraction of sp³-hybridized carbons (Fsp3) is 0.529. The smallest absolute Gasteiger partial charge is 0.319 e. The molecule has 2 unspecified atom stereocenters. The highest BCUT2D eigenvalue weighted by Gasteiger charge is 2.28. The van der Waals surface area contributed by atoms with E-state index in [1.807, 2.05) is 31.2 Å². The van der Waals surface area contributed by atoms with Gasteiger partial charge >= 0.3 is 6.03 Å². The van der Waals surface area contributed by atoms with E-state index in [1.54, 1.807) is 4.90 Å². The Labute approximate surface area is 149 Å². The van der Waals surface area contributed by atoms with Crippen molar-refractivity contribution in [1.29, 1.82) is 0 Å². The van der Waals surface area contributed by atoms with Gasteiger partial charge in [0.25, 0.3) is 0 Å². The van der Waals surface area contributed by atoms with E-state index in [0.717, 1.165) is 18.4 Å². The third-order valence-corrected chi connectivity index (χ3v) is 4.25. The summed E-state index contributed by atoms with van der Waals surface area (Å²) in [4.78, 5) is 26.0. The maximum atomic E-state index is 12.3. The molecule has 4 N–H and O–H groups in total. The standard InChI is InChI=1S/C17H26N4O2.ClH/c1-12-4-3-5-14(8-12)20-17(23)19-11-16(22)21-7-6-13(2)9-15(21)10-18;/h3-5,8,13,15H,6-7,9-11,18H2,1-2H3,(H2,19,20,23);1H. The molecule has 0 saturated carbocycles. The molecule has 0 spiro atoms. The van der Waals surface area contributed by atoms with Crippen molar-refractivity contribution in [2.75, 3.05) is 25.0 Å². The summed E-state index contributed by atoms with van der Waals surface area (Å²) in [5, 5.41) is 5.35. The molecule has 0 aromatic heterocycles. The zero-order chi connectivity index (χ0) is 16.8. The minimum atomic E-state index is -0.376. The van der Waals surface area contributed by atoms with Gasteiger partial charge in [0.2, 0.25) is 5.91 Å². The average molecular weight is 355 g/mol. The van der Waals surface area contributed by atoms with E-state index in [9.17, 15) is 9.59 Å². The third kappa shape index (κ3) is 5.69. The van der Waals surface area contributed by atoms with Crippen molar-refractivity contribution in [3.63, 3.8) is 0 Å². The molecule has 2 rings (SSSR count). The largest absolute Gasteiger partial charge is 0.337 e. The molecule has 1 fully saturated rings. The Balaban J connectivity index is 0.00000288. The van der Waals surface area contributed by atoms with Crippen LogP contribution >= 0.6 is 12.4 Å². The van der Waals surface area contributed by atoms with E-state index in [4.69, 9.17) is 5.73 Å². The Morgan fingerprint density at radius 2 is 2.12 bits per heavy atom. The van der Waals surface area contributed by atoms with Crippen LogP contribution in [-0.2, 0) is 4.79 Å². The number of nitrogens with zero attached hydrogens (tertiary/aromatic N) is 1. The minimum absolute atomic E-state index is 0. The number of likely N-dealkylation sites (tertiary alicyclic amines) is 1. The summed E-state index contributed by atoms with van der Waals surface area (Å²) in [6.45, 7) is 5.30. The van der Waals surface area contributed by atoms with Crippen molar-refractivity contribution in [1.82, 2.24) is 10.2 Å². The topological polar surface area (TPSA) is 87.5 Å². The van der Waals surface area contributed by atoms with Gasteiger partial charge in [0.05, 0.1) is 6.54 Å². The van der Waals surface area contributed by atoms with Crippen LogP contribution < -0.4 is 16.4 Å². The van der Waals surface area contributed by atoms with Crippen LogP contribution in [0, 0.1) is 12.8 Å². The first-order chi connectivity index (χ1) is 11.0. The van der Waals surface area contributed by atoms with Gasteiger partial charge in [-0.2, -0.15) is 0 Å². The summed E-state index contributed by atoms with van der Waals surface area (Å²) in [7, 11) is 0. The number of carbonyl (C=O) groups excluding carboxylic acids is 2. The van der Waals surface area contributed by atoms with Crippen molar-refractivity contribution in [3.8, 4) is 0 Å². The zero-order valence-electron chi connectivity index (χ0n) is 14.2. The number of aryl methyl sites for hydroxylation is 1. The lowest BCUT2D eigenvalue weighted by Crippen LogP contribution is -2.52. The van der Waals surface area contributed by atoms with Crippen molar-refractivity contribution >= 4 is 30.0 Å². The molecule has 0 aliphatic carbocycles. The van der Waals surface area contributed by atoms with E-state index in [1.165, 1.54) is 0 Å². The summed E-state index contributed by atoms with van der Waals surface area (Å²) < 4.78 is 0. The van der Waals surface area contributed by atoms with Gasteiger partial charge < -0.3 is 21.3 Å². The van der Waals surface area contributed by atoms with E-state index < -0.39 is 0 Å². The second kappa shape index (κ2) is 9.49. The van der Waals surface area contributed by atoms with E-state index in [0.29, 0.717) is 24.7 Å². The van der Waals surface area contributed by atoms with Crippen molar-refractivity contribution in [2.24, 2.45) is 11.7 Å². The van der Waals surface area contributed by atoms with E-state index in [-0.39, 0.29) is 36.9 Å². The molecule has 1 heterocycles. The van der Waals surface area contributed by atoms with Gasteiger partial charge in [-0.05, 0) is 43.4 Å². The van der Waals surface area contributed by atoms with E-state index >= 15 is 0 Å². The highest BCUT2D eigenvalue weighted by molar-refractivity contribution is 5.92. The van der Waals surface area contributed by atoms with Gasteiger partial charge in [0, 0.05) is 24.8 Å². The Hall–Kier alpha value is -1.79. The number of benzene rings is 1. The van der Waals surface area contributed by atoms with Crippen LogP contribution in [0.15, 0.2) is 24.3 Å². The Morgan fingerprint density at radius 1 is 1.38 bits per heavy atom. The van der Waals surface area contributed by atoms with Gasteiger partial charge in [-0.1, -0.05) is 19.1 Å². The lowest BCUT2D eigenvalue weighted by molar-refractivity contribution is -0.134. The number of hydrogen-bond acceptors (Lipinski definition) is 3. The first-order valence-electron chi connectivity index (χ1n) is 8.10. The summed E-state index contributed by atoms with van der Waals surface area (Å²) >= 11 is 0. The molecule has 1 aliphatic rings. The number of piperidine rings is 1. The molecular weight excluding hydrogens is 328 g/mol. The number of hydrogen-bond donors (Lipinski definition) is 3. The molecule has 0 radical (unpaired) electrons.